The van der Waals surface area contributed by atoms with Crippen molar-refractivity contribution in [3.05, 3.63) is 103 Å². The minimum atomic E-state index is -1.86. The fraction of sp³-hybridized carbons (Fsp3) is 0.226. The zero-order chi connectivity index (χ0) is 23.4. The van der Waals surface area contributed by atoms with Crippen LogP contribution in [0, 0.1) is 0 Å². The Labute approximate surface area is 216 Å². The highest BCUT2D eigenvalue weighted by molar-refractivity contribution is 7.95. The summed E-state index contributed by atoms with van der Waals surface area (Å²) in [6.45, 7) is 2.44. The first-order valence-corrected chi connectivity index (χ1v) is 14.4. The van der Waals surface area contributed by atoms with E-state index in [2.05, 4.69) is 110 Å². The lowest BCUT2D eigenvalue weighted by molar-refractivity contribution is -0.00000777. The highest BCUT2D eigenvalue weighted by atomic mass is 35.5. The van der Waals surface area contributed by atoms with E-state index in [1.807, 2.05) is 0 Å². The van der Waals surface area contributed by atoms with Gasteiger partial charge in [-0.1, -0.05) is 60.7 Å². The fourth-order valence-electron chi connectivity index (χ4n) is 5.11. The van der Waals surface area contributed by atoms with Crippen molar-refractivity contribution in [3.8, 4) is 22.6 Å². The van der Waals surface area contributed by atoms with Crippen molar-refractivity contribution in [1.29, 1.82) is 0 Å². The van der Waals surface area contributed by atoms with Crippen molar-refractivity contribution in [1.82, 2.24) is 0 Å². The van der Waals surface area contributed by atoms with Crippen molar-refractivity contribution in [2.45, 2.75) is 31.8 Å². The highest BCUT2D eigenvalue weighted by Crippen LogP contribution is 2.53. The molecule has 0 unspecified atom stereocenters. The molecule has 0 heterocycles. The van der Waals surface area contributed by atoms with Crippen LogP contribution < -0.4 is 37.8 Å². The summed E-state index contributed by atoms with van der Waals surface area (Å²) in [5.74, 6) is 1.65. The van der Waals surface area contributed by atoms with Crippen molar-refractivity contribution < 1.29 is 21.9 Å². The molecular weight excluding hydrogens is 471 g/mol. The summed E-state index contributed by atoms with van der Waals surface area (Å²) in [5, 5.41) is 4.14. The zero-order valence-electron chi connectivity index (χ0n) is 20.4. The molecule has 5 rings (SSSR count). The molecule has 1 fully saturated rings. The Bertz CT molecular complexity index is 1200. The van der Waals surface area contributed by atoms with Crippen LogP contribution in [-0.2, 0) is 0 Å². The van der Waals surface area contributed by atoms with E-state index in [-0.39, 0.29) is 18.5 Å². The van der Waals surface area contributed by atoms with Crippen LogP contribution in [0.5, 0.6) is 11.5 Å². The van der Waals surface area contributed by atoms with Crippen LogP contribution in [0.3, 0.4) is 0 Å². The quantitative estimate of drug-likeness (QED) is 0.359. The van der Waals surface area contributed by atoms with Crippen LogP contribution in [0.4, 0.5) is 0 Å². The Balaban J connectivity index is 0.00000289. The molecule has 1 aliphatic rings. The predicted molar refractivity (Wildman–Crippen MR) is 146 cm³/mol. The van der Waals surface area contributed by atoms with Gasteiger partial charge < -0.3 is 21.9 Å². The summed E-state index contributed by atoms with van der Waals surface area (Å²) < 4.78 is 12.1. The molecular formula is C31H32ClO2P. The van der Waals surface area contributed by atoms with E-state index in [0.29, 0.717) is 0 Å². The number of rotatable bonds is 7. The van der Waals surface area contributed by atoms with Crippen LogP contribution in [0.25, 0.3) is 11.1 Å². The average molecular weight is 503 g/mol. The Morgan fingerprint density at radius 1 is 0.686 bits per heavy atom. The second kappa shape index (κ2) is 11.3. The molecule has 0 aliphatic heterocycles. The van der Waals surface area contributed by atoms with Crippen molar-refractivity contribution in [3.63, 3.8) is 0 Å². The molecule has 0 aromatic heterocycles. The second-order valence-electron chi connectivity index (χ2n) is 9.08. The zero-order valence-corrected chi connectivity index (χ0v) is 22.0. The van der Waals surface area contributed by atoms with Crippen LogP contribution >= 0.6 is 7.26 Å². The molecule has 4 aromatic carbocycles. The van der Waals surface area contributed by atoms with Gasteiger partial charge in [-0.2, -0.15) is 0 Å². The first-order chi connectivity index (χ1) is 16.7. The van der Waals surface area contributed by atoms with Gasteiger partial charge in [0.1, 0.15) is 23.2 Å². The normalized spacial score (nSPS) is 13.8. The molecule has 0 amide bonds. The Morgan fingerprint density at radius 2 is 1.26 bits per heavy atom. The summed E-state index contributed by atoms with van der Waals surface area (Å²) in [7, 11) is -0.144. The van der Waals surface area contributed by atoms with Gasteiger partial charge in [0.2, 0.25) is 0 Å². The molecule has 0 N–H and O–H groups in total. The number of benzene rings is 4. The van der Waals surface area contributed by atoms with Crippen LogP contribution in [0.15, 0.2) is 103 Å². The lowest BCUT2D eigenvalue weighted by Crippen LogP contribution is -3.00. The molecule has 2 nitrogen and oxygen atoms in total. The van der Waals surface area contributed by atoms with Gasteiger partial charge in [0, 0.05) is 5.56 Å². The van der Waals surface area contributed by atoms with Gasteiger partial charge in [0.15, 0.2) is 11.5 Å². The van der Waals surface area contributed by atoms with Crippen LogP contribution in [0.1, 0.15) is 25.7 Å². The number of methoxy groups -OCH3 is 1. The molecule has 35 heavy (non-hydrogen) atoms. The monoisotopic (exact) mass is 502 g/mol. The summed E-state index contributed by atoms with van der Waals surface area (Å²) in [6, 6.07) is 37.2. The van der Waals surface area contributed by atoms with Gasteiger partial charge in [0.05, 0.1) is 19.9 Å². The van der Waals surface area contributed by atoms with E-state index in [1.54, 1.807) is 7.11 Å². The minimum Gasteiger partial charge on any atom is -1.00 e. The molecule has 4 heteroatoms. The maximum absolute atomic E-state index is 6.44. The van der Waals surface area contributed by atoms with E-state index in [0.717, 1.165) is 24.3 Å². The van der Waals surface area contributed by atoms with Gasteiger partial charge >= 0.3 is 0 Å². The fourth-order valence-corrected chi connectivity index (χ4v) is 8.57. The van der Waals surface area contributed by atoms with Gasteiger partial charge in [-0.25, -0.2) is 0 Å². The third kappa shape index (κ3) is 5.10. The summed E-state index contributed by atoms with van der Waals surface area (Å²) >= 11 is 0. The standard InChI is InChI=1S/C31H32O2P.ClH/c1-32-29-22-21-24(23-30(29)33-25-13-9-10-14-25)28-19-11-12-20-31(28)34(2,26-15-5-3-6-16-26)27-17-7-4-8-18-27;/h3-8,11-12,15-23,25H,9-10,13-14H2,1-2H3;1H/q+1;/p-1. The molecule has 1 saturated carbocycles. The SMILES string of the molecule is COc1ccc(-c2ccccc2[P+](C)(c2ccccc2)c2ccccc2)cc1OC1CCCC1.[Cl-]. The number of hydrogen-bond acceptors (Lipinski definition) is 2. The average Bonchev–Trinajstić information content (AvgIpc) is 3.42. The van der Waals surface area contributed by atoms with Crippen molar-refractivity contribution in [2.24, 2.45) is 0 Å². The molecule has 0 atom stereocenters. The topological polar surface area (TPSA) is 18.5 Å². The van der Waals surface area contributed by atoms with Gasteiger partial charge in [-0.3, -0.25) is 0 Å². The number of hydrogen-bond donors (Lipinski definition) is 0. The van der Waals surface area contributed by atoms with E-state index in [9.17, 15) is 0 Å². The lowest BCUT2D eigenvalue weighted by Gasteiger charge is -2.26. The third-order valence-corrected chi connectivity index (χ3v) is 11.0. The first kappa shape index (κ1) is 25.3. The highest BCUT2D eigenvalue weighted by Gasteiger charge is 2.42. The van der Waals surface area contributed by atoms with E-state index in [4.69, 9.17) is 9.47 Å². The maximum Gasteiger partial charge on any atom is 0.162 e. The first-order valence-electron chi connectivity index (χ1n) is 12.1. The van der Waals surface area contributed by atoms with Gasteiger partial charge in [-0.15, -0.1) is 0 Å². The molecule has 0 bridgehead atoms. The Kier molecular flexibility index (Phi) is 8.16. The van der Waals surface area contributed by atoms with E-state index in [1.165, 1.54) is 39.9 Å². The maximum atomic E-state index is 6.44. The molecule has 4 aromatic rings. The Morgan fingerprint density at radius 3 is 1.86 bits per heavy atom. The van der Waals surface area contributed by atoms with E-state index >= 15 is 0 Å². The van der Waals surface area contributed by atoms with E-state index < -0.39 is 7.26 Å². The second-order valence-corrected chi connectivity index (χ2v) is 12.6. The van der Waals surface area contributed by atoms with Gasteiger partial charge in [0.25, 0.3) is 0 Å². The van der Waals surface area contributed by atoms with Crippen molar-refractivity contribution >= 4 is 23.2 Å². The largest absolute Gasteiger partial charge is 1.00 e. The predicted octanol–water partition coefficient (Wildman–Crippen LogP) is 3.61. The molecule has 0 radical (unpaired) electrons. The molecule has 180 valence electrons. The lowest BCUT2D eigenvalue weighted by atomic mass is 10.0. The van der Waals surface area contributed by atoms with Crippen LogP contribution in [-0.4, -0.2) is 19.9 Å². The third-order valence-electron chi connectivity index (χ3n) is 7.00. The molecule has 0 saturated heterocycles. The Hall–Kier alpha value is -2.80. The number of halogens is 1. The van der Waals surface area contributed by atoms with Crippen molar-refractivity contribution in [2.75, 3.05) is 13.8 Å². The van der Waals surface area contributed by atoms with Crippen LogP contribution in [0.2, 0.25) is 0 Å². The summed E-state index contributed by atoms with van der Waals surface area (Å²) in [5.41, 5.74) is 2.42. The molecule has 0 spiro atoms. The molecule has 1 aliphatic carbocycles. The summed E-state index contributed by atoms with van der Waals surface area (Å²) in [4.78, 5) is 0. The van der Waals surface area contributed by atoms with Gasteiger partial charge in [-0.05, 0) is 73.7 Å². The smallest absolute Gasteiger partial charge is 0.162 e. The minimum absolute atomic E-state index is 0. The summed E-state index contributed by atoms with van der Waals surface area (Å²) in [6.07, 6.45) is 5.01. The number of ether oxygens (including phenoxy) is 2.